The van der Waals surface area contributed by atoms with Crippen molar-refractivity contribution in [2.45, 2.75) is 46.2 Å². The molecule has 0 radical (unpaired) electrons. The molecule has 1 unspecified atom stereocenters. The van der Waals surface area contributed by atoms with Gasteiger partial charge in [-0.2, -0.15) is 0 Å². The number of hydrogen-bond acceptors (Lipinski definition) is 3. The number of rotatable bonds is 9. The largest absolute Gasteiger partial charge is 0.383 e. The van der Waals surface area contributed by atoms with E-state index < -0.39 is 0 Å². The highest BCUT2D eigenvalue weighted by Crippen LogP contribution is 1.98. The van der Waals surface area contributed by atoms with Crippen molar-refractivity contribution in [1.82, 2.24) is 15.2 Å². The zero-order valence-electron chi connectivity index (χ0n) is 15.2. The maximum absolute atomic E-state index is 11.8. The first-order chi connectivity index (χ1) is 11.1. The van der Waals surface area contributed by atoms with Crippen LogP contribution in [-0.2, 0) is 11.3 Å². The van der Waals surface area contributed by atoms with Gasteiger partial charge in [0.1, 0.15) is 0 Å². The number of aryl methyl sites for hydroxylation is 1. The van der Waals surface area contributed by atoms with Gasteiger partial charge in [-0.3, -0.25) is 9.79 Å². The van der Waals surface area contributed by atoms with E-state index in [4.69, 9.17) is 4.74 Å². The van der Waals surface area contributed by atoms with Crippen LogP contribution in [0.3, 0.4) is 0 Å². The average molecular weight is 450 g/mol. The fraction of sp³-hybridized carbons (Fsp3) is 0.647. The lowest BCUT2D eigenvalue weighted by Crippen LogP contribution is -2.44. The van der Waals surface area contributed by atoms with Crippen LogP contribution in [0, 0.1) is 6.92 Å². The number of halogens is 1. The van der Waals surface area contributed by atoms with E-state index in [0.29, 0.717) is 6.61 Å². The summed E-state index contributed by atoms with van der Waals surface area (Å²) < 4.78 is 6.93. The van der Waals surface area contributed by atoms with Gasteiger partial charge in [0.15, 0.2) is 5.96 Å². The Labute approximate surface area is 162 Å². The van der Waals surface area contributed by atoms with Crippen LogP contribution in [0.1, 0.15) is 32.4 Å². The number of methoxy groups -OCH3 is 1. The average Bonchev–Trinajstić information content (AvgIpc) is 2.50. The monoisotopic (exact) mass is 450 g/mol. The topological polar surface area (TPSA) is 67.7 Å². The Morgan fingerprint density at radius 3 is 2.75 bits per heavy atom. The van der Waals surface area contributed by atoms with Crippen LogP contribution >= 0.6 is 24.0 Å². The van der Waals surface area contributed by atoms with Crippen LogP contribution in [-0.4, -0.2) is 43.4 Å². The molecule has 0 amide bonds. The normalized spacial score (nSPS) is 12.4. The van der Waals surface area contributed by atoms with Gasteiger partial charge >= 0.3 is 0 Å². The third-order valence-corrected chi connectivity index (χ3v) is 3.47. The van der Waals surface area contributed by atoms with Crippen LogP contribution in [0.2, 0.25) is 0 Å². The van der Waals surface area contributed by atoms with E-state index >= 15 is 0 Å². The van der Waals surface area contributed by atoms with E-state index in [1.807, 2.05) is 24.5 Å². The fourth-order valence-electron chi connectivity index (χ4n) is 2.33. The SMILES string of the molecule is CCNC(=NCCCCn1c(C)cccc1=O)NC(C)COC.I. The molecule has 1 heterocycles. The molecule has 1 rings (SSSR count). The number of ether oxygens (including phenoxy) is 1. The molecule has 0 aromatic carbocycles. The fourth-order valence-corrected chi connectivity index (χ4v) is 2.33. The molecule has 138 valence electrons. The highest BCUT2D eigenvalue weighted by molar-refractivity contribution is 14.0. The Morgan fingerprint density at radius 1 is 1.38 bits per heavy atom. The zero-order valence-corrected chi connectivity index (χ0v) is 17.5. The van der Waals surface area contributed by atoms with Crippen LogP contribution in [0.4, 0.5) is 0 Å². The van der Waals surface area contributed by atoms with Gasteiger partial charge in [-0.05, 0) is 39.7 Å². The lowest BCUT2D eigenvalue weighted by atomic mass is 10.3. The Hall–Kier alpha value is -1.09. The summed E-state index contributed by atoms with van der Waals surface area (Å²) in [7, 11) is 1.69. The van der Waals surface area contributed by atoms with Crippen molar-refractivity contribution < 1.29 is 4.74 Å². The van der Waals surface area contributed by atoms with E-state index in [9.17, 15) is 4.79 Å². The van der Waals surface area contributed by atoms with Crippen molar-refractivity contribution in [3.8, 4) is 0 Å². The lowest BCUT2D eigenvalue weighted by molar-refractivity contribution is 0.179. The second-order valence-corrected chi connectivity index (χ2v) is 5.63. The molecule has 1 aromatic rings. The maximum atomic E-state index is 11.8. The first-order valence-corrected chi connectivity index (χ1v) is 8.28. The van der Waals surface area contributed by atoms with Gasteiger partial charge in [0.2, 0.25) is 0 Å². The molecule has 0 aliphatic heterocycles. The minimum absolute atomic E-state index is 0. The third-order valence-electron chi connectivity index (χ3n) is 3.47. The molecular weight excluding hydrogens is 419 g/mol. The molecule has 0 aliphatic rings. The van der Waals surface area contributed by atoms with Crippen molar-refractivity contribution in [2.24, 2.45) is 4.99 Å². The molecule has 0 saturated carbocycles. The quantitative estimate of drug-likeness (QED) is 0.262. The van der Waals surface area contributed by atoms with Crippen LogP contribution in [0.5, 0.6) is 0 Å². The highest BCUT2D eigenvalue weighted by Gasteiger charge is 2.04. The van der Waals surface area contributed by atoms with Crippen molar-refractivity contribution >= 4 is 29.9 Å². The number of aliphatic imine (C=N–C) groups is 1. The molecule has 0 fully saturated rings. The molecule has 1 aromatic heterocycles. The first kappa shape index (κ1) is 22.9. The van der Waals surface area contributed by atoms with E-state index in [0.717, 1.165) is 44.1 Å². The van der Waals surface area contributed by atoms with Crippen molar-refractivity contribution in [1.29, 1.82) is 0 Å². The minimum atomic E-state index is 0. The second kappa shape index (κ2) is 13.2. The smallest absolute Gasteiger partial charge is 0.250 e. The standard InChI is InChI=1S/C17H30N4O2.HI/c1-5-18-17(20-14(2)13-23-4)19-11-6-7-12-21-15(3)9-8-10-16(21)22;/h8-10,14H,5-7,11-13H2,1-4H3,(H2,18,19,20);1H. The molecule has 1 atom stereocenters. The Bertz CT molecular complexity index is 546. The van der Waals surface area contributed by atoms with E-state index in [2.05, 4.69) is 22.5 Å². The van der Waals surface area contributed by atoms with Gasteiger partial charge in [-0.25, -0.2) is 0 Å². The molecule has 6 nitrogen and oxygen atoms in total. The van der Waals surface area contributed by atoms with Gasteiger partial charge in [-0.15, -0.1) is 24.0 Å². The number of nitrogens with one attached hydrogen (secondary N) is 2. The number of nitrogens with zero attached hydrogens (tertiary/aromatic N) is 2. The van der Waals surface area contributed by atoms with Gasteiger partial charge in [0.05, 0.1) is 6.61 Å². The van der Waals surface area contributed by atoms with Crippen LogP contribution in [0.25, 0.3) is 0 Å². The van der Waals surface area contributed by atoms with E-state index in [-0.39, 0.29) is 35.6 Å². The van der Waals surface area contributed by atoms with Crippen molar-refractivity contribution in [3.63, 3.8) is 0 Å². The van der Waals surface area contributed by atoms with Gasteiger partial charge in [0, 0.05) is 44.5 Å². The summed E-state index contributed by atoms with van der Waals surface area (Å²) in [5.74, 6) is 0.810. The van der Waals surface area contributed by atoms with E-state index in [1.54, 1.807) is 19.2 Å². The van der Waals surface area contributed by atoms with Crippen molar-refractivity contribution in [2.75, 3.05) is 26.8 Å². The zero-order chi connectivity index (χ0) is 17.1. The molecule has 0 bridgehead atoms. The van der Waals surface area contributed by atoms with E-state index in [1.165, 1.54) is 0 Å². The molecule has 0 saturated heterocycles. The lowest BCUT2D eigenvalue weighted by Gasteiger charge is -2.17. The molecule has 7 heteroatoms. The molecular formula is C17H31IN4O2. The minimum Gasteiger partial charge on any atom is -0.383 e. The number of guanidine groups is 1. The number of aromatic nitrogens is 1. The third kappa shape index (κ3) is 8.68. The van der Waals surface area contributed by atoms with Crippen LogP contribution < -0.4 is 16.2 Å². The summed E-state index contributed by atoms with van der Waals surface area (Å²) in [5.41, 5.74) is 1.07. The second-order valence-electron chi connectivity index (χ2n) is 5.63. The summed E-state index contributed by atoms with van der Waals surface area (Å²) >= 11 is 0. The van der Waals surface area contributed by atoms with Gasteiger partial charge in [0.25, 0.3) is 5.56 Å². The number of pyridine rings is 1. The Morgan fingerprint density at radius 2 is 2.12 bits per heavy atom. The summed E-state index contributed by atoms with van der Waals surface area (Å²) in [6.07, 6.45) is 1.87. The summed E-state index contributed by atoms with van der Waals surface area (Å²) in [6.45, 7) is 9.00. The number of unbranched alkanes of at least 4 members (excludes halogenated alkanes) is 1. The first-order valence-electron chi connectivity index (χ1n) is 8.28. The maximum Gasteiger partial charge on any atom is 0.250 e. The molecule has 0 spiro atoms. The molecule has 24 heavy (non-hydrogen) atoms. The molecule has 2 N–H and O–H groups in total. The Kier molecular flexibility index (Phi) is 12.6. The van der Waals surface area contributed by atoms with Gasteiger partial charge < -0.3 is 19.9 Å². The molecule has 0 aliphatic carbocycles. The van der Waals surface area contributed by atoms with Crippen molar-refractivity contribution in [3.05, 3.63) is 34.2 Å². The summed E-state index contributed by atoms with van der Waals surface area (Å²) in [4.78, 5) is 16.3. The highest BCUT2D eigenvalue weighted by atomic mass is 127. The van der Waals surface area contributed by atoms with Crippen LogP contribution in [0.15, 0.2) is 28.0 Å². The number of hydrogen-bond donors (Lipinski definition) is 2. The summed E-state index contributed by atoms with van der Waals surface area (Å²) in [6, 6.07) is 5.58. The predicted molar refractivity (Wildman–Crippen MR) is 111 cm³/mol. The Balaban J connectivity index is 0.00000529. The summed E-state index contributed by atoms with van der Waals surface area (Å²) in [5, 5.41) is 6.53. The predicted octanol–water partition coefficient (Wildman–Crippen LogP) is 2.14. The van der Waals surface area contributed by atoms with Gasteiger partial charge in [-0.1, -0.05) is 6.07 Å².